The van der Waals surface area contributed by atoms with Gasteiger partial charge in [0.2, 0.25) is 0 Å². The van der Waals surface area contributed by atoms with Gasteiger partial charge in [0.1, 0.15) is 6.67 Å². The molecule has 0 unspecified atom stereocenters. The molecule has 0 fully saturated rings. The van der Waals surface area contributed by atoms with Crippen molar-refractivity contribution in [3.05, 3.63) is 29.8 Å². The first-order valence-electron chi connectivity index (χ1n) is 4.40. The van der Waals surface area contributed by atoms with Gasteiger partial charge in [-0.3, -0.25) is 0 Å². The minimum Gasteiger partial charge on any atom is -0.360 e. The Kier molecular flexibility index (Phi) is 4.32. The molecule has 76 valence electrons. The molecule has 0 saturated carbocycles. The van der Waals surface area contributed by atoms with Crippen molar-refractivity contribution in [2.24, 2.45) is 0 Å². The van der Waals surface area contributed by atoms with E-state index < -0.39 is 6.67 Å². The molecule has 1 rings (SSSR count). The Balaban J connectivity index is 2.47. The lowest BCUT2D eigenvalue weighted by molar-refractivity contribution is 0.492. The molecule has 0 aromatic heterocycles. The Labute approximate surface area is 88.5 Å². The molecule has 0 aliphatic heterocycles. The average molecular weight is 212 g/mol. The predicted molar refractivity (Wildman–Crippen MR) is 61.4 cm³/mol. The first kappa shape index (κ1) is 10.9. The summed E-state index contributed by atoms with van der Waals surface area (Å²) in [5.74, 6) is 0. The second kappa shape index (κ2) is 5.54. The molecule has 0 atom stereocenters. The highest BCUT2D eigenvalue weighted by atomic mass is 32.1. The van der Waals surface area contributed by atoms with Gasteiger partial charge in [0, 0.05) is 12.2 Å². The third-order valence-corrected chi connectivity index (χ3v) is 1.90. The minimum absolute atomic E-state index is 0.248. The third kappa shape index (κ3) is 3.70. The summed E-state index contributed by atoms with van der Waals surface area (Å²) in [5, 5.41) is 6.17. The lowest BCUT2D eigenvalue weighted by Gasteiger charge is -2.09. The summed E-state index contributed by atoms with van der Waals surface area (Å²) in [6.07, 6.45) is 0. The molecule has 0 spiro atoms. The van der Waals surface area contributed by atoms with Crippen LogP contribution in [0.3, 0.4) is 0 Å². The molecule has 0 aliphatic carbocycles. The lowest BCUT2D eigenvalue weighted by atomic mass is 10.2. The Morgan fingerprint density at radius 1 is 1.50 bits per heavy atom. The van der Waals surface area contributed by atoms with Gasteiger partial charge in [-0.25, -0.2) is 4.39 Å². The van der Waals surface area contributed by atoms with E-state index in [1.165, 1.54) is 0 Å². The molecule has 0 bridgehead atoms. The quantitative estimate of drug-likeness (QED) is 0.751. The molecule has 4 heteroatoms. The summed E-state index contributed by atoms with van der Waals surface area (Å²) >= 11 is 4.96. The van der Waals surface area contributed by atoms with E-state index >= 15 is 0 Å². The van der Waals surface area contributed by atoms with Crippen LogP contribution in [0, 0.1) is 6.92 Å². The smallest absolute Gasteiger partial charge is 0.170 e. The summed E-state index contributed by atoms with van der Waals surface area (Å²) in [4.78, 5) is 0. The van der Waals surface area contributed by atoms with Crippen molar-refractivity contribution >= 4 is 23.0 Å². The standard InChI is InChI=1S/C10H13FN2S/c1-8-3-2-4-9(7-8)13-10(14)12-6-5-11/h2-4,7H,5-6H2,1H3,(H2,12,13,14). The molecular formula is C10H13FN2S. The van der Waals surface area contributed by atoms with E-state index in [9.17, 15) is 4.39 Å². The van der Waals surface area contributed by atoms with E-state index in [0.29, 0.717) is 5.11 Å². The topological polar surface area (TPSA) is 24.1 Å². The van der Waals surface area contributed by atoms with Crippen molar-refractivity contribution in [1.29, 1.82) is 0 Å². The van der Waals surface area contributed by atoms with Crippen LogP contribution >= 0.6 is 12.2 Å². The number of anilines is 1. The van der Waals surface area contributed by atoms with Gasteiger partial charge < -0.3 is 10.6 Å². The van der Waals surface area contributed by atoms with Crippen LogP contribution in [0.2, 0.25) is 0 Å². The highest BCUT2D eigenvalue weighted by molar-refractivity contribution is 7.80. The molecule has 0 heterocycles. The number of benzene rings is 1. The number of halogens is 1. The van der Waals surface area contributed by atoms with Gasteiger partial charge >= 0.3 is 0 Å². The molecule has 0 aliphatic rings. The van der Waals surface area contributed by atoms with Crippen LogP contribution in [0.25, 0.3) is 0 Å². The van der Waals surface area contributed by atoms with E-state index in [1.54, 1.807) is 0 Å². The normalized spacial score (nSPS) is 9.57. The van der Waals surface area contributed by atoms with Crippen LogP contribution in [-0.4, -0.2) is 18.3 Å². The van der Waals surface area contributed by atoms with Crippen molar-refractivity contribution in [1.82, 2.24) is 5.32 Å². The molecule has 1 aromatic carbocycles. The summed E-state index contributed by atoms with van der Waals surface area (Å²) in [6, 6.07) is 7.83. The Hall–Kier alpha value is -1.16. The molecule has 2 nitrogen and oxygen atoms in total. The number of rotatable bonds is 3. The van der Waals surface area contributed by atoms with Crippen molar-refractivity contribution in [2.75, 3.05) is 18.5 Å². The number of alkyl halides is 1. The van der Waals surface area contributed by atoms with Crippen molar-refractivity contribution in [3.63, 3.8) is 0 Å². The van der Waals surface area contributed by atoms with E-state index in [2.05, 4.69) is 10.6 Å². The maximum absolute atomic E-state index is 11.8. The van der Waals surface area contributed by atoms with Crippen molar-refractivity contribution in [2.45, 2.75) is 6.92 Å². The van der Waals surface area contributed by atoms with Gasteiger partial charge in [-0.1, -0.05) is 12.1 Å². The second-order valence-electron chi connectivity index (χ2n) is 2.94. The fourth-order valence-corrected chi connectivity index (χ4v) is 1.28. The van der Waals surface area contributed by atoms with Gasteiger partial charge in [0.15, 0.2) is 5.11 Å². The number of thiocarbonyl (C=S) groups is 1. The SMILES string of the molecule is Cc1cccc(NC(=S)NCCF)c1. The largest absolute Gasteiger partial charge is 0.360 e. The monoisotopic (exact) mass is 212 g/mol. The summed E-state index contributed by atoms with van der Waals surface area (Å²) < 4.78 is 11.8. The highest BCUT2D eigenvalue weighted by Crippen LogP contribution is 2.08. The van der Waals surface area contributed by atoms with Crippen LogP contribution in [-0.2, 0) is 0 Å². The molecule has 0 radical (unpaired) electrons. The summed E-state index contributed by atoms with van der Waals surface area (Å²) in [6.45, 7) is 1.83. The molecule has 14 heavy (non-hydrogen) atoms. The predicted octanol–water partition coefficient (Wildman–Crippen LogP) is 2.25. The van der Waals surface area contributed by atoms with Gasteiger partial charge in [-0.2, -0.15) is 0 Å². The number of aryl methyl sites for hydroxylation is 1. The first-order chi connectivity index (χ1) is 6.72. The zero-order valence-corrected chi connectivity index (χ0v) is 8.83. The van der Waals surface area contributed by atoms with Crippen molar-refractivity contribution < 1.29 is 4.39 Å². The van der Waals surface area contributed by atoms with Gasteiger partial charge in [0.05, 0.1) is 0 Å². The molecular weight excluding hydrogens is 199 g/mol. The molecule has 0 amide bonds. The summed E-state index contributed by atoms with van der Waals surface area (Å²) in [5.41, 5.74) is 2.07. The molecule has 1 aromatic rings. The Morgan fingerprint density at radius 2 is 2.29 bits per heavy atom. The van der Waals surface area contributed by atoms with E-state index in [1.807, 2.05) is 31.2 Å². The van der Waals surface area contributed by atoms with Gasteiger partial charge in [-0.15, -0.1) is 0 Å². The van der Waals surface area contributed by atoms with E-state index in [4.69, 9.17) is 12.2 Å². The average Bonchev–Trinajstić information content (AvgIpc) is 2.15. The van der Waals surface area contributed by atoms with Crippen LogP contribution in [0.15, 0.2) is 24.3 Å². The number of nitrogens with one attached hydrogen (secondary N) is 2. The molecule has 0 saturated heterocycles. The van der Waals surface area contributed by atoms with Crippen LogP contribution in [0.4, 0.5) is 10.1 Å². The minimum atomic E-state index is -0.421. The fraction of sp³-hybridized carbons (Fsp3) is 0.300. The van der Waals surface area contributed by atoms with Crippen LogP contribution < -0.4 is 10.6 Å². The Morgan fingerprint density at radius 3 is 2.93 bits per heavy atom. The number of hydrogen-bond acceptors (Lipinski definition) is 1. The van der Waals surface area contributed by atoms with Crippen LogP contribution in [0.1, 0.15) is 5.56 Å². The molecule has 2 N–H and O–H groups in total. The first-order valence-corrected chi connectivity index (χ1v) is 4.80. The fourth-order valence-electron chi connectivity index (χ4n) is 1.06. The second-order valence-corrected chi connectivity index (χ2v) is 3.35. The van der Waals surface area contributed by atoms with Gasteiger partial charge in [0.25, 0.3) is 0 Å². The maximum atomic E-state index is 11.8. The van der Waals surface area contributed by atoms with Gasteiger partial charge in [-0.05, 0) is 36.8 Å². The van der Waals surface area contributed by atoms with Crippen molar-refractivity contribution in [3.8, 4) is 0 Å². The lowest BCUT2D eigenvalue weighted by Crippen LogP contribution is -2.30. The zero-order chi connectivity index (χ0) is 10.4. The van der Waals surface area contributed by atoms with Crippen LogP contribution in [0.5, 0.6) is 0 Å². The Bertz CT molecular complexity index is 315. The maximum Gasteiger partial charge on any atom is 0.170 e. The zero-order valence-electron chi connectivity index (χ0n) is 8.01. The number of hydrogen-bond donors (Lipinski definition) is 2. The van der Waals surface area contributed by atoms with E-state index in [-0.39, 0.29) is 6.54 Å². The summed E-state index contributed by atoms with van der Waals surface area (Å²) in [7, 11) is 0. The third-order valence-electron chi connectivity index (χ3n) is 1.66. The van der Waals surface area contributed by atoms with E-state index in [0.717, 1.165) is 11.3 Å². The highest BCUT2D eigenvalue weighted by Gasteiger charge is 1.96.